The third-order valence-corrected chi connectivity index (χ3v) is 2.62. The molecule has 0 aliphatic heterocycles. The number of nitrogens with one attached hydrogen (secondary N) is 2. The predicted octanol–water partition coefficient (Wildman–Crippen LogP) is 1.94. The Bertz CT molecular complexity index is 208. The third kappa shape index (κ3) is 10.5. The SMILES string of the molecule is CCCCCNC(=O)C(C)NCCOCC(C)C. The molecule has 4 nitrogen and oxygen atoms in total. The molecule has 0 bridgehead atoms. The predicted molar refractivity (Wildman–Crippen MR) is 75.7 cm³/mol. The number of hydrogen-bond donors (Lipinski definition) is 2. The molecule has 0 radical (unpaired) electrons. The number of amides is 1. The second-order valence-corrected chi connectivity index (χ2v) is 5.14. The van der Waals surface area contributed by atoms with Crippen molar-refractivity contribution in [2.24, 2.45) is 5.92 Å². The Labute approximate surface area is 112 Å². The molecular formula is C14H30N2O2. The van der Waals surface area contributed by atoms with Gasteiger partial charge in [-0.2, -0.15) is 0 Å². The zero-order chi connectivity index (χ0) is 13.8. The highest BCUT2D eigenvalue weighted by molar-refractivity contribution is 5.81. The van der Waals surface area contributed by atoms with Crippen LogP contribution in [0.5, 0.6) is 0 Å². The fraction of sp³-hybridized carbons (Fsp3) is 0.929. The molecule has 0 saturated heterocycles. The summed E-state index contributed by atoms with van der Waals surface area (Å²) in [5.74, 6) is 0.638. The quantitative estimate of drug-likeness (QED) is 0.557. The summed E-state index contributed by atoms with van der Waals surface area (Å²) in [7, 11) is 0. The van der Waals surface area contributed by atoms with Gasteiger partial charge >= 0.3 is 0 Å². The minimum atomic E-state index is -0.144. The Kier molecular flexibility index (Phi) is 11.1. The van der Waals surface area contributed by atoms with Crippen LogP contribution in [0.4, 0.5) is 0 Å². The van der Waals surface area contributed by atoms with Crippen molar-refractivity contribution in [1.82, 2.24) is 10.6 Å². The van der Waals surface area contributed by atoms with Crippen molar-refractivity contribution in [3.63, 3.8) is 0 Å². The van der Waals surface area contributed by atoms with E-state index < -0.39 is 0 Å². The molecule has 0 aromatic heterocycles. The fourth-order valence-corrected chi connectivity index (χ4v) is 1.50. The first-order chi connectivity index (χ1) is 8.57. The molecule has 0 heterocycles. The van der Waals surface area contributed by atoms with Gasteiger partial charge in [-0.05, 0) is 19.3 Å². The molecule has 18 heavy (non-hydrogen) atoms. The van der Waals surface area contributed by atoms with E-state index in [-0.39, 0.29) is 11.9 Å². The van der Waals surface area contributed by atoms with Crippen LogP contribution in [0, 0.1) is 5.92 Å². The van der Waals surface area contributed by atoms with Crippen molar-refractivity contribution in [3.05, 3.63) is 0 Å². The topological polar surface area (TPSA) is 50.4 Å². The van der Waals surface area contributed by atoms with E-state index in [0.717, 1.165) is 26.1 Å². The summed E-state index contributed by atoms with van der Waals surface area (Å²) >= 11 is 0. The molecule has 108 valence electrons. The minimum Gasteiger partial charge on any atom is -0.380 e. The lowest BCUT2D eigenvalue weighted by molar-refractivity contribution is -0.122. The normalized spacial score (nSPS) is 12.7. The molecule has 2 N–H and O–H groups in total. The summed E-state index contributed by atoms with van der Waals surface area (Å²) in [6, 6.07) is -0.144. The first-order valence-corrected chi connectivity index (χ1v) is 7.16. The Morgan fingerprint density at radius 3 is 2.50 bits per heavy atom. The van der Waals surface area contributed by atoms with Gasteiger partial charge in [0, 0.05) is 19.7 Å². The fourth-order valence-electron chi connectivity index (χ4n) is 1.50. The Balaban J connectivity index is 3.44. The summed E-state index contributed by atoms with van der Waals surface area (Å²) in [6.45, 7) is 11.2. The minimum absolute atomic E-state index is 0.0787. The highest BCUT2D eigenvalue weighted by Crippen LogP contribution is 1.93. The molecule has 1 atom stereocenters. The lowest BCUT2D eigenvalue weighted by Crippen LogP contribution is -2.43. The molecule has 0 fully saturated rings. The average Bonchev–Trinajstić information content (AvgIpc) is 2.33. The summed E-state index contributed by atoms with van der Waals surface area (Å²) in [4.78, 5) is 11.7. The van der Waals surface area contributed by atoms with E-state index in [1.54, 1.807) is 0 Å². The molecule has 0 aliphatic carbocycles. The van der Waals surface area contributed by atoms with Crippen LogP contribution < -0.4 is 10.6 Å². The average molecular weight is 258 g/mol. The molecule has 0 saturated carbocycles. The summed E-state index contributed by atoms with van der Waals surface area (Å²) < 4.78 is 5.44. The van der Waals surface area contributed by atoms with Gasteiger partial charge in [0.25, 0.3) is 0 Å². The van der Waals surface area contributed by atoms with Crippen molar-refractivity contribution in [1.29, 1.82) is 0 Å². The van der Waals surface area contributed by atoms with Crippen LogP contribution >= 0.6 is 0 Å². The standard InChI is InChI=1S/C14H30N2O2/c1-5-6-7-8-16-14(17)13(4)15-9-10-18-11-12(2)3/h12-13,15H,5-11H2,1-4H3,(H,16,17). The first-order valence-electron chi connectivity index (χ1n) is 7.16. The van der Waals surface area contributed by atoms with Gasteiger partial charge in [-0.15, -0.1) is 0 Å². The second-order valence-electron chi connectivity index (χ2n) is 5.14. The first kappa shape index (κ1) is 17.4. The molecule has 0 rings (SSSR count). The van der Waals surface area contributed by atoms with E-state index in [2.05, 4.69) is 31.4 Å². The molecule has 0 aromatic carbocycles. The Morgan fingerprint density at radius 1 is 1.17 bits per heavy atom. The highest BCUT2D eigenvalue weighted by Gasteiger charge is 2.10. The summed E-state index contributed by atoms with van der Waals surface area (Å²) in [5, 5.41) is 6.09. The number of carbonyl (C=O) groups excluding carboxylic acids is 1. The van der Waals surface area contributed by atoms with E-state index in [9.17, 15) is 4.79 Å². The lowest BCUT2D eigenvalue weighted by Gasteiger charge is -2.14. The van der Waals surface area contributed by atoms with E-state index in [1.807, 2.05) is 6.92 Å². The van der Waals surface area contributed by atoms with Crippen molar-refractivity contribution in [2.75, 3.05) is 26.3 Å². The van der Waals surface area contributed by atoms with Crippen LogP contribution in [0.1, 0.15) is 47.0 Å². The molecule has 1 unspecified atom stereocenters. The second kappa shape index (κ2) is 11.5. The number of hydrogen-bond acceptors (Lipinski definition) is 3. The van der Waals surface area contributed by atoms with Crippen molar-refractivity contribution < 1.29 is 9.53 Å². The molecule has 1 amide bonds. The zero-order valence-corrected chi connectivity index (χ0v) is 12.4. The number of carbonyl (C=O) groups is 1. The van der Waals surface area contributed by atoms with Gasteiger partial charge in [0.2, 0.25) is 5.91 Å². The number of unbranched alkanes of at least 4 members (excludes halogenated alkanes) is 2. The zero-order valence-electron chi connectivity index (χ0n) is 12.4. The van der Waals surface area contributed by atoms with E-state index in [1.165, 1.54) is 12.8 Å². The van der Waals surface area contributed by atoms with Crippen molar-refractivity contribution in [2.45, 2.75) is 53.0 Å². The van der Waals surface area contributed by atoms with Gasteiger partial charge < -0.3 is 15.4 Å². The molecule has 0 aromatic rings. The molecule has 0 spiro atoms. The largest absolute Gasteiger partial charge is 0.380 e. The Morgan fingerprint density at radius 2 is 1.89 bits per heavy atom. The van der Waals surface area contributed by atoms with Crippen LogP contribution in [-0.2, 0) is 9.53 Å². The number of ether oxygens (including phenoxy) is 1. The van der Waals surface area contributed by atoms with E-state index in [4.69, 9.17) is 4.74 Å². The molecule has 0 aliphatic rings. The van der Waals surface area contributed by atoms with Crippen LogP contribution in [0.3, 0.4) is 0 Å². The smallest absolute Gasteiger partial charge is 0.236 e. The number of rotatable bonds is 11. The van der Waals surface area contributed by atoms with Gasteiger partial charge in [0.05, 0.1) is 12.6 Å². The van der Waals surface area contributed by atoms with E-state index in [0.29, 0.717) is 12.5 Å². The van der Waals surface area contributed by atoms with Gasteiger partial charge in [0.1, 0.15) is 0 Å². The van der Waals surface area contributed by atoms with Crippen molar-refractivity contribution in [3.8, 4) is 0 Å². The van der Waals surface area contributed by atoms with Crippen LogP contribution in [-0.4, -0.2) is 38.3 Å². The van der Waals surface area contributed by atoms with Crippen LogP contribution in [0.25, 0.3) is 0 Å². The van der Waals surface area contributed by atoms with E-state index >= 15 is 0 Å². The maximum atomic E-state index is 11.7. The van der Waals surface area contributed by atoms with Crippen molar-refractivity contribution >= 4 is 5.91 Å². The third-order valence-electron chi connectivity index (χ3n) is 2.62. The molecular weight excluding hydrogens is 228 g/mol. The van der Waals surface area contributed by atoms with Gasteiger partial charge in [0.15, 0.2) is 0 Å². The van der Waals surface area contributed by atoms with Gasteiger partial charge in [-0.3, -0.25) is 4.79 Å². The highest BCUT2D eigenvalue weighted by atomic mass is 16.5. The maximum absolute atomic E-state index is 11.7. The van der Waals surface area contributed by atoms with Gasteiger partial charge in [-0.1, -0.05) is 33.6 Å². The Hall–Kier alpha value is -0.610. The van der Waals surface area contributed by atoms with Crippen LogP contribution in [0.15, 0.2) is 0 Å². The summed E-state index contributed by atoms with van der Waals surface area (Å²) in [5.41, 5.74) is 0. The monoisotopic (exact) mass is 258 g/mol. The summed E-state index contributed by atoms with van der Waals surface area (Å²) in [6.07, 6.45) is 3.41. The maximum Gasteiger partial charge on any atom is 0.236 e. The lowest BCUT2D eigenvalue weighted by atomic mass is 10.2. The van der Waals surface area contributed by atoms with Gasteiger partial charge in [-0.25, -0.2) is 0 Å². The molecule has 4 heteroatoms. The van der Waals surface area contributed by atoms with Crippen LogP contribution in [0.2, 0.25) is 0 Å².